The van der Waals surface area contributed by atoms with E-state index in [1.54, 1.807) is 0 Å². The zero-order valence-electron chi connectivity index (χ0n) is 13.6. The summed E-state index contributed by atoms with van der Waals surface area (Å²) in [6.07, 6.45) is 6.85. The van der Waals surface area contributed by atoms with Crippen molar-refractivity contribution in [3.8, 4) is 11.8 Å². The van der Waals surface area contributed by atoms with Crippen molar-refractivity contribution in [1.82, 2.24) is 0 Å². The average Bonchev–Trinajstić information content (AvgIpc) is 3.04. The molecule has 2 heteroatoms. The van der Waals surface area contributed by atoms with Gasteiger partial charge >= 0.3 is 0 Å². The SMILES string of the molecule is CC(C)CCC(C)(C)CC(=N)CC1CC1CC#CCI. The van der Waals surface area contributed by atoms with E-state index in [0.29, 0.717) is 5.41 Å². The van der Waals surface area contributed by atoms with E-state index in [1.165, 1.54) is 19.3 Å². The van der Waals surface area contributed by atoms with Gasteiger partial charge in [0.15, 0.2) is 0 Å². The Morgan fingerprint density at radius 1 is 1.30 bits per heavy atom. The monoisotopic (exact) mass is 387 g/mol. The van der Waals surface area contributed by atoms with Crippen LogP contribution < -0.4 is 0 Å². The van der Waals surface area contributed by atoms with Crippen molar-refractivity contribution in [3.63, 3.8) is 0 Å². The minimum atomic E-state index is 0.298. The molecular formula is C18H30IN. The number of hydrogen-bond acceptors (Lipinski definition) is 1. The maximum absolute atomic E-state index is 8.27. The van der Waals surface area contributed by atoms with Gasteiger partial charge in [-0.15, -0.1) is 5.92 Å². The first kappa shape index (κ1) is 18.0. The molecule has 2 unspecified atom stereocenters. The lowest BCUT2D eigenvalue weighted by Gasteiger charge is -2.26. The van der Waals surface area contributed by atoms with E-state index >= 15 is 0 Å². The van der Waals surface area contributed by atoms with E-state index in [2.05, 4.69) is 62.1 Å². The quantitative estimate of drug-likeness (QED) is 0.239. The fourth-order valence-electron chi connectivity index (χ4n) is 2.79. The second-order valence-corrected chi connectivity index (χ2v) is 8.29. The van der Waals surface area contributed by atoms with Gasteiger partial charge in [-0.3, -0.25) is 0 Å². The van der Waals surface area contributed by atoms with E-state index in [-0.39, 0.29) is 0 Å². The summed E-state index contributed by atoms with van der Waals surface area (Å²) in [5.41, 5.74) is 1.26. The van der Waals surface area contributed by atoms with Gasteiger partial charge in [-0.2, -0.15) is 0 Å². The molecule has 1 rings (SSSR count). The molecule has 0 spiro atoms. The number of alkyl halides is 1. The van der Waals surface area contributed by atoms with Crippen LogP contribution in [0.1, 0.15) is 66.2 Å². The summed E-state index contributed by atoms with van der Waals surface area (Å²) in [5, 5.41) is 8.27. The van der Waals surface area contributed by atoms with Crippen LogP contribution in [0, 0.1) is 40.4 Å². The van der Waals surface area contributed by atoms with Crippen LogP contribution in [0.2, 0.25) is 0 Å². The molecule has 1 fully saturated rings. The van der Waals surface area contributed by atoms with Crippen molar-refractivity contribution in [1.29, 1.82) is 5.41 Å². The van der Waals surface area contributed by atoms with Crippen LogP contribution in [0.4, 0.5) is 0 Å². The smallest absolute Gasteiger partial charge is 0.0609 e. The lowest BCUT2D eigenvalue weighted by atomic mass is 9.80. The fourth-order valence-corrected chi connectivity index (χ4v) is 3.06. The Morgan fingerprint density at radius 2 is 2.00 bits per heavy atom. The molecule has 2 atom stereocenters. The zero-order chi connectivity index (χ0) is 15.2. The van der Waals surface area contributed by atoms with E-state index in [4.69, 9.17) is 5.41 Å². The summed E-state index contributed by atoms with van der Waals surface area (Å²) in [4.78, 5) is 0. The van der Waals surface area contributed by atoms with Crippen molar-refractivity contribution < 1.29 is 0 Å². The molecule has 0 bridgehead atoms. The van der Waals surface area contributed by atoms with Crippen molar-refractivity contribution in [2.45, 2.75) is 66.2 Å². The van der Waals surface area contributed by atoms with Crippen LogP contribution in [-0.2, 0) is 0 Å². The van der Waals surface area contributed by atoms with Crippen LogP contribution in [0.3, 0.4) is 0 Å². The molecule has 0 saturated heterocycles. The number of nitrogens with one attached hydrogen (secondary N) is 1. The summed E-state index contributed by atoms with van der Waals surface area (Å²) >= 11 is 2.30. The molecule has 1 saturated carbocycles. The number of rotatable bonds is 8. The van der Waals surface area contributed by atoms with Gasteiger partial charge in [0.2, 0.25) is 0 Å². The Hall–Kier alpha value is -0.0400. The van der Waals surface area contributed by atoms with Gasteiger partial charge in [-0.25, -0.2) is 0 Å². The normalized spacial score (nSPS) is 21.5. The maximum Gasteiger partial charge on any atom is 0.0609 e. The van der Waals surface area contributed by atoms with Gasteiger partial charge in [0.25, 0.3) is 0 Å². The third-order valence-electron chi connectivity index (χ3n) is 4.22. The fraction of sp³-hybridized carbons (Fsp3) is 0.833. The molecule has 1 nitrogen and oxygen atoms in total. The second kappa shape index (κ2) is 8.41. The summed E-state index contributed by atoms with van der Waals surface area (Å²) in [7, 11) is 0. The van der Waals surface area contributed by atoms with Crippen molar-refractivity contribution in [2.75, 3.05) is 4.43 Å². The summed E-state index contributed by atoms with van der Waals surface area (Å²) in [6.45, 7) is 9.21. The lowest BCUT2D eigenvalue weighted by Crippen LogP contribution is -2.18. The Morgan fingerprint density at radius 3 is 2.60 bits per heavy atom. The topological polar surface area (TPSA) is 23.9 Å². The predicted molar refractivity (Wildman–Crippen MR) is 97.7 cm³/mol. The van der Waals surface area contributed by atoms with Crippen LogP contribution in [0.25, 0.3) is 0 Å². The largest absolute Gasteiger partial charge is 0.310 e. The highest BCUT2D eigenvalue weighted by atomic mass is 127. The van der Waals surface area contributed by atoms with Gasteiger partial charge in [0.05, 0.1) is 4.43 Å². The molecule has 1 N–H and O–H groups in total. The third-order valence-corrected chi connectivity index (χ3v) is 4.61. The molecular weight excluding hydrogens is 357 g/mol. The highest BCUT2D eigenvalue weighted by Crippen LogP contribution is 2.44. The molecule has 1 aliphatic carbocycles. The van der Waals surface area contributed by atoms with Gasteiger partial charge in [-0.1, -0.05) is 62.6 Å². The minimum Gasteiger partial charge on any atom is -0.310 e. The molecule has 20 heavy (non-hydrogen) atoms. The summed E-state index contributed by atoms with van der Waals surface area (Å²) in [5.74, 6) is 8.70. The average molecular weight is 387 g/mol. The number of halogens is 1. The highest BCUT2D eigenvalue weighted by Gasteiger charge is 2.37. The Bertz CT molecular complexity index is 373. The molecule has 0 heterocycles. The zero-order valence-corrected chi connectivity index (χ0v) is 15.7. The highest BCUT2D eigenvalue weighted by molar-refractivity contribution is 14.1. The summed E-state index contributed by atoms with van der Waals surface area (Å²) < 4.78 is 0.939. The Kier molecular flexibility index (Phi) is 7.58. The van der Waals surface area contributed by atoms with Crippen molar-refractivity contribution >= 4 is 28.3 Å². The van der Waals surface area contributed by atoms with Gasteiger partial charge < -0.3 is 5.41 Å². The third kappa shape index (κ3) is 7.67. The van der Waals surface area contributed by atoms with Gasteiger partial charge in [0.1, 0.15) is 0 Å². The second-order valence-electron chi connectivity index (χ2n) is 7.53. The van der Waals surface area contributed by atoms with E-state index < -0.39 is 0 Å². The first-order valence-electron chi connectivity index (χ1n) is 7.92. The van der Waals surface area contributed by atoms with Crippen LogP contribution >= 0.6 is 22.6 Å². The molecule has 114 valence electrons. The van der Waals surface area contributed by atoms with E-state index in [9.17, 15) is 0 Å². The number of hydrogen-bond donors (Lipinski definition) is 1. The minimum absolute atomic E-state index is 0.298. The Labute approximate surface area is 139 Å². The molecule has 0 aromatic heterocycles. The van der Waals surface area contributed by atoms with E-state index in [1.807, 2.05) is 0 Å². The Balaban J connectivity index is 2.24. The standard InChI is InChI=1S/C18H30IN/c1-14(2)8-9-18(3,4)13-17(20)12-16-11-15(16)7-5-6-10-19/h14-16,20H,7-13H2,1-4H3. The first-order chi connectivity index (χ1) is 9.34. The summed E-state index contributed by atoms with van der Waals surface area (Å²) in [6, 6.07) is 0. The predicted octanol–water partition coefficient (Wildman–Crippen LogP) is 5.71. The molecule has 0 aromatic carbocycles. The van der Waals surface area contributed by atoms with Gasteiger partial charge in [-0.05, 0) is 48.9 Å². The van der Waals surface area contributed by atoms with Gasteiger partial charge in [0, 0.05) is 12.1 Å². The molecule has 0 aliphatic heterocycles. The van der Waals surface area contributed by atoms with Crippen molar-refractivity contribution in [3.05, 3.63) is 0 Å². The van der Waals surface area contributed by atoms with Crippen LogP contribution in [-0.4, -0.2) is 10.1 Å². The first-order valence-corrected chi connectivity index (χ1v) is 9.44. The molecule has 0 amide bonds. The van der Waals surface area contributed by atoms with Crippen LogP contribution in [0.5, 0.6) is 0 Å². The van der Waals surface area contributed by atoms with Crippen LogP contribution in [0.15, 0.2) is 0 Å². The van der Waals surface area contributed by atoms with E-state index in [0.717, 1.165) is 47.2 Å². The molecule has 0 radical (unpaired) electrons. The maximum atomic E-state index is 8.27. The van der Waals surface area contributed by atoms with Crippen molar-refractivity contribution in [2.24, 2.45) is 23.2 Å². The molecule has 1 aliphatic rings. The lowest BCUT2D eigenvalue weighted by molar-refractivity contribution is 0.314. The molecule has 0 aromatic rings.